The first kappa shape index (κ1) is 28.6. The highest BCUT2D eigenvalue weighted by molar-refractivity contribution is 6.03. The summed E-state index contributed by atoms with van der Waals surface area (Å²) in [7, 11) is 1.69. The molecule has 0 spiro atoms. The van der Waals surface area contributed by atoms with Crippen molar-refractivity contribution in [3.8, 4) is 35.4 Å². The summed E-state index contributed by atoms with van der Waals surface area (Å²) in [6.45, 7) is 2.62. The molecular formula is C33H32F3N5O3. The van der Waals surface area contributed by atoms with Gasteiger partial charge >= 0.3 is 6.01 Å². The number of piperidine rings is 1. The monoisotopic (exact) mass is 603 g/mol. The zero-order chi connectivity index (χ0) is 30.6. The van der Waals surface area contributed by atoms with E-state index in [2.05, 4.69) is 20.8 Å². The third kappa shape index (κ3) is 4.77. The van der Waals surface area contributed by atoms with Gasteiger partial charge in [-0.1, -0.05) is 12.0 Å². The molecule has 44 heavy (non-hydrogen) atoms. The predicted octanol–water partition coefficient (Wildman–Crippen LogP) is 5.38. The van der Waals surface area contributed by atoms with E-state index in [-0.39, 0.29) is 52.2 Å². The largest absolute Gasteiger partial charge is 0.508 e. The fourth-order valence-corrected chi connectivity index (χ4v) is 7.22. The average molecular weight is 604 g/mol. The number of phenols is 1. The van der Waals surface area contributed by atoms with Crippen LogP contribution in [0.15, 0.2) is 30.5 Å². The Kier molecular flexibility index (Phi) is 7.22. The molecule has 8 nitrogen and oxygen atoms in total. The Morgan fingerprint density at radius 2 is 1.98 bits per heavy atom. The van der Waals surface area contributed by atoms with Gasteiger partial charge in [0.15, 0.2) is 5.82 Å². The molecule has 228 valence electrons. The number of hydrogen-bond acceptors (Lipinski definition) is 8. The number of phenolic OH excluding ortho intramolecular Hbond substituents is 1. The van der Waals surface area contributed by atoms with Crippen LogP contribution in [-0.2, 0) is 4.74 Å². The number of ether oxygens (including phenoxy) is 2. The highest BCUT2D eigenvalue weighted by Crippen LogP contribution is 2.42. The molecule has 2 aromatic carbocycles. The zero-order valence-corrected chi connectivity index (χ0v) is 24.3. The molecule has 5 heterocycles. The van der Waals surface area contributed by atoms with Crippen molar-refractivity contribution in [2.45, 2.75) is 49.9 Å². The van der Waals surface area contributed by atoms with Crippen molar-refractivity contribution in [2.24, 2.45) is 0 Å². The van der Waals surface area contributed by atoms with E-state index in [9.17, 15) is 13.9 Å². The first-order chi connectivity index (χ1) is 21.3. The molecule has 3 fully saturated rings. The molecule has 4 aromatic rings. The van der Waals surface area contributed by atoms with Crippen molar-refractivity contribution >= 4 is 27.5 Å². The van der Waals surface area contributed by atoms with Crippen LogP contribution in [0, 0.1) is 24.0 Å². The number of anilines is 1. The maximum absolute atomic E-state index is 16.7. The molecule has 3 aliphatic heterocycles. The van der Waals surface area contributed by atoms with E-state index < -0.39 is 23.3 Å². The Balaban J connectivity index is 1.36. The average Bonchev–Trinajstić information content (AvgIpc) is 3.55. The van der Waals surface area contributed by atoms with Crippen LogP contribution >= 0.6 is 0 Å². The molecule has 0 aliphatic carbocycles. The van der Waals surface area contributed by atoms with Crippen molar-refractivity contribution in [1.82, 2.24) is 19.9 Å². The minimum absolute atomic E-state index is 0.0166. The molecule has 3 aliphatic rings. The Morgan fingerprint density at radius 1 is 1.16 bits per heavy atom. The Labute approximate surface area is 252 Å². The number of benzene rings is 2. The van der Waals surface area contributed by atoms with E-state index >= 15 is 4.39 Å². The Morgan fingerprint density at radius 3 is 2.75 bits per heavy atom. The van der Waals surface area contributed by atoms with Gasteiger partial charge in [-0.2, -0.15) is 9.97 Å². The van der Waals surface area contributed by atoms with Crippen molar-refractivity contribution < 1.29 is 27.8 Å². The smallest absolute Gasteiger partial charge is 0.319 e. The Hall–Kier alpha value is -4.14. The number of pyridine rings is 1. The normalized spacial score (nSPS) is 22.5. The fourth-order valence-electron chi connectivity index (χ4n) is 7.22. The van der Waals surface area contributed by atoms with Crippen molar-refractivity contribution in [3.05, 3.63) is 47.7 Å². The van der Waals surface area contributed by atoms with Gasteiger partial charge in [-0.3, -0.25) is 9.88 Å². The second kappa shape index (κ2) is 11.1. The van der Waals surface area contributed by atoms with Gasteiger partial charge in [0.1, 0.15) is 41.4 Å². The second-order valence-electron chi connectivity index (χ2n) is 12.0. The molecule has 0 bridgehead atoms. The topological polar surface area (TPSA) is 83.8 Å². The summed E-state index contributed by atoms with van der Waals surface area (Å²) < 4.78 is 57.6. The van der Waals surface area contributed by atoms with E-state index in [1.54, 1.807) is 7.11 Å². The third-order valence-electron chi connectivity index (χ3n) is 9.40. The van der Waals surface area contributed by atoms with Crippen molar-refractivity contribution in [1.29, 1.82) is 0 Å². The summed E-state index contributed by atoms with van der Waals surface area (Å²) in [4.78, 5) is 17.9. The third-order valence-corrected chi connectivity index (χ3v) is 9.40. The molecule has 0 unspecified atom stereocenters. The van der Waals surface area contributed by atoms with Crippen LogP contribution in [0.3, 0.4) is 0 Å². The van der Waals surface area contributed by atoms with Crippen molar-refractivity contribution in [3.63, 3.8) is 0 Å². The summed E-state index contributed by atoms with van der Waals surface area (Å²) in [5.74, 6) is 1.25. The van der Waals surface area contributed by atoms with E-state index in [1.807, 2.05) is 4.90 Å². The lowest BCUT2D eigenvalue weighted by Gasteiger charge is -2.33. The van der Waals surface area contributed by atoms with Gasteiger partial charge in [-0.15, -0.1) is 6.42 Å². The fraction of sp³-hybridized carbons (Fsp3) is 0.424. The molecule has 7 rings (SSSR count). The number of nitrogens with zero attached hydrogens (tertiary/aromatic N) is 5. The maximum Gasteiger partial charge on any atom is 0.319 e. The molecule has 0 radical (unpaired) electrons. The standard InChI is InChI=1S/C33H32F3N5O3/c1-3-23-26(35)6-5-19-13-21(42)14-24(27(19)23)29-28(36)30-25(16-37-29)31(40-11-7-22(43-2)8-12-40)39-32(38-30)44-18-33-9-4-10-41(33)17-20(34)15-33/h1,5-6,13-14,16,20,22,42H,4,7-12,15,17-18H2,2H3/t20-,33+/m1/s1. The van der Waals surface area contributed by atoms with Crippen LogP contribution in [-0.4, -0.2) is 82.7 Å². The summed E-state index contributed by atoms with van der Waals surface area (Å²) in [5, 5.41) is 11.6. The van der Waals surface area contributed by atoms with E-state index in [1.165, 1.54) is 30.5 Å². The number of alkyl halides is 1. The number of halogens is 3. The zero-order valence-electron chi connectivity index (χ0n) is 24.3. The minimum Gasteiger partial charge on any atom is -0.508 e. The SMILES string of the molecule is C#Cc1c(F)ccc2cc(O)cc(-c3ncc4c(N5CCC(OC)CC5)nc(OC[C@@]56CCCN5C[C@H](F)C6)nc4c3F)c12. The molecule has 2 atom stereocenters. The number of rotatable bonds is 6. The lowest BCUT2D eigenvalue weighted by Crippen LogP contribution is -2.43. The van der Waals surface area contributed by atoms with Crippen LogP contribution in [0.1, 0.15) is 37.7 Å². The Bertz CT molecular complexity index is 1810. The lowest BCUT2D eigenvalue weighted by molar-refractivity contribution is 0.0817. The molecule has 0 saturated carbocycles. The maximum atomic E-state index is 16.7. The molecule has 0 amide bonds. The number of terminal acetylenes is 1. The quantitative estimate of drug-likeness (QED) is 0.294. The number of aromatic hydroxyl groups is 1. The van der Waals surface area contributed by atoms with Crippen LogP contribution in [0.4, 0.5) is 19.0 Å². The highest BCUT2D eigenvalue weighted by atomic mass is 19.1. The van der Waals surface area contributed by atoms with Gasteiger partial charge in [-0.05, 0) is 55.8 Å². The van der Waals surface area contributed by atoms with Gasteiger partial charge < -0.3 is 19.5 Å². The molecule has 3 saturated heterocycles. The van der Waals surface area contributed by atoms with Crippen LogP contribution in [0.5, 0.6) is 11.8 Å². The highest BCUT2D eigenvalue weighted by Gasteiger charge is 2.49. The first-order valence-corrected chi connectivity index (χ1v) is 14.9. The summed E-state index contributed by atoms with van der Waals surface area (Å²) >= 11 is 0. The van der Waals surface area contributed by atoms with E-state index in [0.29, 0.717) is 42.6 Å². The number of aromatic nitrogens is 3. The minimum atomic E-state index is -0.921. The lowest BCUT2D eigenvalue weighted by atomic mass is 9.95. The first-order valence-electron chi connectivity index (χ1n) is 14.9. The van der Waals surface area contributed by atoms with Gasteiger partial charge in [0.2, 0.25) is 0 Å². The van der Waals surface area contributed by atoms with Gasteiger partial charge in [0.05, 0.1) is 22.6 Å². The molecule has 2 aromatic heterocycles. The number of hydrogen-bond donors (Lipinski definition) is 1. The van der Waals surface area contributed by atoms with Crippen molar-refractivity contribution in [2.75, 3.05) is 44.8 Å². The number of fused-ring (bicyclic) bond motifs is 3. The van der Waals surface area contributed by atoms with Gasteiger partial charge in [0, 0.05) is 50.3 Å². The number of methoxy groups -OCH3 is 1. The second-order valence-corrected chi connectivity index (χ2v) is 12.0. The molecule has 1 N–H and O–H groups in total. The summed E-state index contributed by atoms with van der Waals surface area (Å²) in [6.07, 6.45) is 10.00. The van der Waals surface area contributed by atoms with Crippen LogP contribution < -0.4 is 9.64 Å². The summed E-state index contributed by atoms with van der Waals surface area (Å²) in [5.41, 5.74) is -0.543. The molecule has 11 heteroatoms. The van der Waals surface area contributed by atoms with Crippen LogP contribution in [0.25, 0.3) is 32.9 Å². The van der Waals surface area contributed by atoms with Crippen LogP contribution in [0.2, 0.25) is 0 Å². The van der Waals surface area contributed by atoms with Gasteiger partial charge in [0.25, 0.3) is 0 Å². The van der Waals surface area contributed by atoms with E-state index in [4.69, 9.17) is 20.9 Å². The molecular weight excluding hydrogens is 571 g/mol. The predicted molar refractivity (Wildman–Crippen MR) is 161 cm³/mol. The summed E-state index contributed by atoms with van der Waals surface area (Å²) in [6, 6.07) is 5.42. The van der Waals surface area contributed by atoms with Gasteiger partial charge in [-0.25, -0.2) is 13.2 Å². The van der Waals surface area contributed by atoms with E-state index in [0.717, 1.165) is 32.2 Å².